The molecule has 0 aliphatic carbocycles. The fourth-order valence-corrected chi connectivity index (χ4v) is 2.98. The highest BCUT2D eigenvalue weighted by Gasteiger charge is 2.14. The van der Waals surface area contributed by atoms with E-state index >= 15 is 0 Å². The van der Waals surface area contributed by atoms with Gasteiger partial charge in [0.25, 0.3) is 0 Å². The van der Waals surface area contributed by atoms with Crippen LogP contribution in [0.15, 0.2) is 29.3 Å². The van der Waals surface area contributed by atoms with E-state index in [1.807, 2.05) is 11.8 Å². The molecule has 2 nitrogen and oxygen atoms in total. The topological polar surface area (TPSA) is 24.4 Å². The van der Waals surface area contributed by atoms with Crippen molar-refractivity contribution in [2.75, 3.05) is 11.1 Å². The number of anilines is 1. The molecular formula is C14H20N2S. The third-order valence-electron chi connectivity index (χ3n) is 3.10. The highest BCUT2D eigenvalue weighted by atomic mass is 32.2. The predicted octanol–water partition coefficient (Wildman–Crippen LogP) is 3.93. The van der Waals surface area contributed by atoms with Gasteiger partial charge in [-0.05, 0) is 30.9 Å². The SMILES string of the molecule is CCc1ccccc1NC1=NC(CC)CCS1. The van der Waals surface area contributed by atoms with Gasteiger partial charge in [0.05, 0.1) is 6.04 Å². The molecule has 0 fully saturated rings. The van der Waals surface area contributed by atoms with Crippen LogP contribution in [0.5, 0.6) is 0 Å². The van der Waals surface area contributed by atoms with Crippen LogP contribution < -0.4 is 5.32 Å². The Labute approximate surface area is 108 Å². The number of amidine groups is 1. The molecule has 92 valence electrons. The molecule has 1 heterocycles. The number of rotatable bonds is 3. The lowest BCUT2D eigenvalue weighted by Crippen LogP contribution is -2.20. The number of aryl methyl sites for hydroxylation is 1. The maximum Gasteiger partial charge on any atom is 0.161 e. The van der Waals surface area contributed by atoms with E-state index < -0.39 is 0 Å². The van der Waals surface area contributed by atoms with Gasteiger partial charge in [-0.1, -0.05) is 43.8 Å². The summed E-state index contributed by atoms with van der Waals surface area (Å²) < 4.78 is 0. The van der Waals surface area contributed by atoms with Gasteiger partial charge in [-0.2, -0.15) is 0 Å². The smallest absolute Gasteiger partial charge is 0.161 e. The van der Waals surface area contributed by atoms with Crippen molar-refractivity contribution in [1.29, 1.82) is 0 Å². The Kier molecular flexibility index (Phi) is 4.49. The van der Waals surface area contributed by atoms with Gasteiger partial charge in [-0.3, -0.25) is 4.99 Å². The van der Waals surface area contributed by atoms with Crippen molar-refractivity contribution in [1.82, 2.24) is 0 Å². The molecule has 0 saturated carbocycles. The van der Waals surface area contributed by atoms with Gasteiger partial charge in [-0.25, -0.2) is 0 Å². The molecule has 0 spiro atoms. The molecule has 1 aromatic carbocycles. The molecular weight excluding hydrogens is 228 g/mol. The number of hydrogen-bond donors (Lipinski definition) is 1. The lowest BCUT2D eigenvalue weighted by molar-refractivity contribution is 0.634. The Morgan fingerprint density at radius 3 is 2.94 bits per heavy atom. The Balaban J connectivity index is 2.12. The normalized spacial score (nSPS) is 19.9. The van der Waals surface area contributed by atoms with E-state index in [0.717, 1.165) is 18.0 Å². The average Bonchev–Trinajstić information content (AvgIpc) is 2.39. The summed E-state index contributed by atoms with van der Waals surface area (Å²) in [5, 5.41) is 4.56. The van der Waals surface area contributed by atoms with E-state index in [9.17, 15) is 0 Å². The second-order valence-corrected chi connectivity index (χ2v) is 5.35. The molecule has 0 bridgehead atoms. The lowest BCUT2D eigenvalue weighted by atomic mass is 10.1. The third kappa shape index (κ3) is 3.25. The monoisotopic (exact) mass is 248 g/mol. The average molecular weight is 248 g/mol. The minimum Gasteiger partial charge on any atom is -0.335 e. The number of benzene rings is 1. The zero-order valence-corrected chi connectivity index (χ0v) is 11.4. The standard InChI is InChI=1S/C14H20N2S/c1-3-11-7-5-6-8-13(11)16-14-15-12(4-2)9-10-17-14/h5-8,12H,3-4,9-10H2,1-2H3,(H,15,16). The van der Waals surface area contributed by atoms with Crippen LogP contribution in [0.1, 0.15) is 32.3 Å². The summed E-state index contributed by atoms with van der Waals surface area (Å²) >= 11 is 1.84. The molecule has 0 radical (unpaired) electrons. The lowest BCUT2D eigenvalue weighted by Gasteiger charge is -2.20. The summed E-state index contributed by atoms with van der Waals surface area (Å²) in [4.78, 5) is 4.74. The molecule has 0 saturated heterocycles. The molecule has 1 N–H and O–H groups in total. The Bertz CT molecular complexity index is 401. The minimum atomic E-state index is 0.507. The van der Waals surface area contributed by atoms with E-state index in [0.29, 0.717) is 6.04 Å². The number of nitrogens with one attached hydrogen (secondary N) is 1. The molecule has 0 aromatic heterocycles. The first kappa shape index (κ1) is 12.5. The van der Waals surface area contributed by atoms with Crippen LogP contribution >= 0.6 is 11.8 Å². The molecule has 1 aromatic rings. The highest BCUT2D eigenvalue weighted by Crippen LogP contribution is 2.23. The molecule has 2 rings (SSSR count). The largest absolute Gasteiger partial charge is 0.335 e. The summed E-state index contributed by atoms with van der Waals surface area (Å²) in [5.74, 6) is 1.18. The quantitative estimate of drug-likeness (QED) is 0.876. The highest BCUT2D eigenvalue weighted by molar-refractivity contribution is 8.14. The Hall–Kier alpha value is -0.960. The first-order valence-corrected chi connectivity index (χ1v) is 7.37. The molecule has 1 aliphatic heterocycles. The molecule has 1 atom stereocenters. The molecule has 0 amide bonds. The van der Waals surface area contributed by atoms with Gasteiger partial charge in [0.1, 0.15) is 0 Å². The van der Waals surface area contributed by atoms with Crippen molar-refractivity contribution in [3.05, 3.63) is 29.8 Å². The van der Waals surface area contributed by atoms with E-state index in [-0.39, 0.29) is 0 Å². The number of para-hydroxylation sites is 1. The zero-order valence-electron chi connectivity index (χ0n) is 10.6. The summed E-state index contributed by atoms with van der Waals surface area (Å²) in [6, 6.07) is 8.99. The number of aliphatic imine (C=N–C) groups is 1. The summed E-state index contributed by atoms with van der Waals surface area (Å²) in [7, 11) is 0. The van der Waals surface area contributed by atoms with Gasteiger partial charge in [0.2, 0.25) is 0 Å². The van der Waals surface area contributed by atoms with Crippen molar-refractivity contribution < 1.29 is 0 Å². The summed E-state index contributed by atoms with van der Waals surface area (Å²) in [5.41, 5.74) is 2.56. The van der Waals surface area contributed by atoms with Gasteiger partial charge in [0, 0.05) is 11.4 Å². The number of nitrogens with zero attached hydrogens (tertiary/aromatic N) is 1. The van der Waals surface area contributed by atoms with Gasteiger partial charge >= 0.3 is 0 Å². The van der Waals surface area contributed by atoms with Crippen LogP contribution in [0.25, 0.3) is 0 Å². The number of hydrogen-bond acceptors (Lipinski definition) is 3. The van der Waals surface area contributed by atoms with Crippen LogP contribution in [0.3, 0.4) is 0 Å². The van der Waals surface area contributed by atoms with Crippen molar-refractivity contribution in [2.24, 2.45) is 4.99 Å². The van der Waals surface area contributed by atoms with Crippen molar-refractivity contribution in [2.45, 2.75) is 39.2 Å². The second kappa shape index (κ2) is 6.10. The third-order valence-corrected chi connectivity index (χ3v) is 4.02. The molecule has 17 heavy (non-hydrogen) atoms. The van der Waals surface area contributed by atoms with Crippen molar-refractivity contribution in [3.63, 3.8) is 0 Å². The van der Waals surface area contributed by atoms with Crippen LogP contribution in [0.4, 0.5) is 5.69 Å². The second-order valence-electron chi connectivity index (χ2n) is 4.27. The number of thioether (sulfide) groups is 1. The van der Waals surface area contributed by atoms with Crippen LogP contribution in [-0.4, -0.2) is 17.0 Å². The Morgan fingerprint density at radius 1 is 1.35 bits per heavy atom. The van der Waals surface area contributed by atoms with Gasteiger partial charge in [-0.15, -0.1) is 0 Å². The minimum absolute atomic E-state index is 0.507. The van der Waals surface area contributed by atoms with E-state index in [2.05, 4.69) is 43.4 Å². The first-order chi connectivity index (χ1) is 8.33. The molecule has 1 aliphatic rings. The van der Waals surface area contributed by atoms with Gasteiger partial charge in [0.15, 0.2) is 5.17 Å². The molecule has 3 heteroatoms. The maximum atomic E-state index is 4.74. The first-order valence-electron chi connectivity index (χ1n) is 6.39. The summed E-state index contributed by atoms with van der Waals surface area (Å²) in [6.07, 6.45) is 3.40. The fraction of sp³-hybridized carbons (Fsp3) is 0.500. The van der Waals surface area contributed by atoms with E-state index in [1.165, 1.54) is 23.4 Å². The summed E-state index contributed by atoms with van der Waals surface area (Å²) in [6.45, 7) is 4.40. The van der Waals surface area contributed by atoms with Crippen LogP contribution in [-0.2, 0) is 6.42 Å². The predicted molar refractivity (Wildman–Crippen MR) is 78.0 cm³/mol. The van der Waals surface area contributed by atoms with Crippen molar-refractivity contribution >= 4 is 22.6 Å². The van der Waals surface area contributed by atoms with Crippen molar-refractivity contribution in [3.8, 4) is 0 Å². The van der Waals surface area contributed by atoms with Gasteiger partial charge < -0.3 is 5.32 Å². The molecule has 1 unspecified atom stereocenters. The van der Waals surface area contributed by atoms with Crippen LogP contribution in [0.2, 0.25) is 0 Å². The zero-order chi connectivity index (χ0) is 12.1. The van der Waals surface area contributed by atoms with E-state index in [1.54, 1.807) is 0 Å². The van der Waals surface area contributed by atoms with E-state index in [4.69, 9.17) is 4.99 Å². The Morgan fingerprint density at radius 2 is 2.18 bits per heavy atom. The van der Waals surface area contributed by atoms with Crippen LogP contribution in [0, 0.1) is 0 Å². The fourth-order valence-electron chi connectivity index (χ4n) is 1.99. The maximum absolute atomic E-state index is 4.74.